The van der Waals surface area contributed by atoms with Crippen LogP contribution in [-0.2, 0) is 0 Å². The first-order chi connectivity index (χ1) is 9.67. The predicted octanol–water partition coefficient (Wildman–Crippen LogP) is 3.54. The van der Waals surface area contributed by atoms with Gasteiger partial charge in [0.05, 0.1) is 4.47 Å². The van der Waals surface area contributed by atoms with Crippen LogP contribution in [0.1, 0.15) is 32.6 Å². The van der Waals surface area contributed by atoms with Gasteiger partial charge >= 0.3 is 0 Å². The number of hydrogen-bond donors (Lipinski definition) is 1. The summed E-state index contributed by atoms with van der Waals surface area (Å²) in [6, 6.07) is 0. The lowest BCUT2D eigenvalue weighted by molar-refractivity contribution is 0.337. The van der Waals surface area contributed by atoms with E-state index in [4.69, 9.17) is 0 Å². The molecule has 0 aromatic carbocycles. The Labute approximate surface area is 129 Å². The summed E-state index contributed by atoms with van der Waals surface area (Å²) < 4.78 is 0.977. The lowest BCUT2D eigenvalue weighted by atomic mass is 9.88. The molecule has 1 heterocycles. The standard InChI is InChI=1S/C15H23BrN4/c1-3-17-15-18-8-13(16)14(19-15)20(2)9-12-7-10-4-5-11(12)6-10/h8,10-12H,3-7,9H2,1-2H3,(H,17,18,19). The zero-order valence-corrected chi connectivity index (χ0v) is 13.9. The van der Waals surface area contributed by atoms with Crippen LogP contribution in [0.25, 0.3) is 0 Å². The van der Waals surface area contributed by atoms with Crippen molar-refractivity contribution < 1.29 is 0 Å². The number of nitrogens with zero attached hydrogens (tertiary/aromatic N) is 3. The SMILES string of the molecule is CCNc1ncc(Br)c(N(C)CC2CC3CCC2C3)n1. The molecule has 2 saturated carbocycles. The first-order valence-electron chi connectivity index (χ1n) is 7.65. The predicted molar refractivity (Wildman–Crippen MR) is 86.1 cm³/mol. The van der Waals surface area contributed by atoms with E-state index >= 15 is 0 Å². The van der Waals surface area contributed by atoms with Gasteiger partial charge in [-0.2, -0.15) is 4.98 Å². The van der Waals surface area contributed by atoms with E-state index in [-0.39, 0.29) is 0 Å². The minimum Gasteiger partial charge on any atom is -0.358 e. The minimum absolute atomic E-state index is 0.713. The minimum atomic E-state index is 0.713. The van der Waals surface area contributed by atoms with Crippen molar-refractivity contribution >= 4 is 27.7 Å². The van der Waals surface area contributed by atoms with Gasteiger partial charge in [-0.25, -0.2) is 4.98 Å². The van der Waals surface area contributed by atoms with Crippen LogP contribution in [0.2, 0.25) is 0 Å². The number of fused-ring (bicyclic) bond motifs is 2. The first kappa shape index (κ1) is 14.1. The van der Waals surface area contributed by atoms with E-state index in [9.17, 15) is 0 Å². The van der Waals surface area contributed by atoms with E-state index in [1.54, 1.807) is 0 Å². The number of anilines is 2. The molecule has 4 nitrogen and oxygen atoms in total. The van der Waals surface area contributed by atoms with Crippen LogP contribution in [0.5, 0.6) is 0 Å². The van der Waals surface area contributed by atoms with Crippen molar-refractivity contribution in [2.45, 2.75) is 32.6 Å². The van der Waals surface area contributed by atoms with Crippen molar-refractivity contribution in [3.05, 3.63) is 10.7 Å². The van der Waals surface area contributed by atoms with E-state index in [1.165, 1.54) is 25.7 Å². The Morgan fingerprint density at radius 2 is 2.25 bits per heavy atom. The molecule has 110 valence electrons. The van der Waals surface area contributed by atoms with Crippen molar-refractivity contribution in [1.29, 1.82) is 0 Å². The van der Waals surface area contributed by atoms with Crippen molar-refractivity contribution in [1.82, 2.24) is 9.97 Å². The topological polar surface area (TPSA) is 41.1 Å². The molecule has 2 aliphatic rings. The Balaban J connectivity index is 1.70. The highest BCUT2D eigenvalue weighted by atomic mass is 79.9. The third-order valence-corrected chi connectivity index (χ3v) is 5.37. The van der Waals surface area contributed by atoms with E-state index in [0.29, 0.717) is 5.95 Å². The van der Waals surface area contributed by atoms with Gasteiger partial charge in [0, 0.05) is 26.3 Å². The maximum Gasteiger partial charge on any atom is 0.224 e. The van der Waals surface area contributed by atoms with Crippen molar-refractivity contribution in [2.24, 2.45) is 17.8 Å². The summed E-state index contributed by atoms with van der Waals surface area (Å²) in [7, 11) is 2.15. The Bertz CT molecular complexity index is 479. The Hall–Kier alpha value is -0.840. The first-order valence-corrected chi connectivity index (χ1v) is 8.44. The second-order valence-corrected chi connectivity index (χ2v) is 7.07. The second kappa shape index (κ2) is 5.88. The Kier molecular flexibility index (Phi) is 4.15. The average molecular weight is 339 g/mol. The Morgan fingerprint density at radius 1 is 1.40 bits per heavy atom. The molecule has 1 N–H and O–H groups in total. The summed E-state index contributed by atoms with van der Waals surface area (Å²) in [5, 5.41) is 3.18. The molecular weight excluding hydrogens is 316 g/mol. The number of halogens is 1. The zero-order chi connectivity index (χ0) is 14.1. The van der Waals surface area contributed by atoms with Gasteiger partial charge < -0.3 is 10.2 Å². The summed E-state index contributed by atoms with van der Waals surface area (Å²) in [4.78, 5) is 11.2. The maximum atomic E-state index is 4.62. The fraction of sp³-hybridized carbons (Fsp3) is 0.733. The van der Waals surface area contributed by atoms with Crippen LogP contribution in [0.15, 0.2) is 10.7 Å². The highest BCUT2D eigenvalue weighted by Gasteiger charge is 2.39. The fourth-order valence-corrected chi connectivity index (χ4v) is 4.40. The molecule has 3 atom stereocenters. The van der Waals surface area contributed by atoms with Crippen molar-refractivity contribution in [2.75, 3.05) is 30.4 Å². The molecule has 3 rings (SSSR count). The molecule has 2 aliphatic carbocycles. The summed E-state index contributed by atoms with van der Waals surface area (Å²) in [5.41, 5.74) is 0. The van der Waals surface area contributed by atoms with Gasteiger partial charge in [-0.3, -0.25) is 0 Å². The molecule has 0 spiro atoms. The average Bonchev–Trinajstić information content (AvgIpc) is 3.03. The third-order valence-electron chi connectivity index (χ3n) is 4.81. The van der Waals surface area contributed by atoms with Crippen LogP contribution in [0.3, 0.4) is 0 Å². The molecule has 2 bridgehead atoms. The number of aromatic nitrogens is 2. The maximum absolute atomic E-state index is 4.62. The molecular formula is C15H23BrN4. The fourth-order valence-electron chi connectivity index (χ4n) is 3.91. The molecule has 3 unspecified atom stereocenters. The lowest BCUT2D eigenvalue weighted by Crippen LogP contribution is -2.29. The van der Waals surface area contributed by atoms with Gasteiger partial charge in [0.25, 0.3) is 0 Å². The van der Waals surface area contributed by atoms with Crippen LogP contribution in [0, 0.1) is 17.8 Å². The molecule has 0 saturated heterocycles. The quantitative estimate of drug-likeness (QED) is 0.891. The number of nitrogens with one attached hydrogen (secondary N) is 1. The van der Waals surface area contributed by atoms with Gasteiger partial charge in [0.1, 0.15) is 5.82 Å². The second-order valence-electron chi connectivity index (χ2n) is 6.21. The molecule has 0 radical (unpaired) electrons. The summed E-state index contributed by atoms with van der Waals surface area (Å²) in [6.45, 7) is 4.02. The molecule has 20 heavy (non-hydrogen) atoms. The monoisotopic (exact) mass is 338 g/mol. The van der Waals surface area contributed by atoms with Crippen LogP contribution in [0.4, 0.5) is 11.8 Å². The van der Waals surface area contributed by atoms with Gasteiger partial charge in [-0.15, -0.1) is 0 Å². The highest BCUT2D eigenvalue weighted by Crippen LogP contribution is 2.48. The summed E-state index contributed by atoms with van der Waals surface area (Å²) in [6.07, 6.45) is 7.63. The molecule has 2 fully saturated rings. The third kappa shape index (κ3) is 2.78. The van der Waals surface area contributed by atoms with E-state index in [1.807, 2.05) is 6.20 Å². The number of rotatable bonds is 5. The van der Waals surface area contributed by atoms with Gasteiger partial charge in [0.15, 0.2) is 0 Å². The largest absolute Gasteiger partial charge is 0.358 e. The molecule has 1 aromatic rings. The van der Waals surface area contributed by atoms with Gasteiger partial charge in [-0.1, -0.05) is 6.42 Å². The van der Waals surface area contributed by atoms with Crippen molar-refractivity contribution in [3.63, 3.8) is 0 Å². The van der Waals surface area contributed by atoms with Crippen LogP contribution < -0.4 is 10.2 Å². The lowest BCUT2D eigenvalue weighted by Gasteiger charge is -2.28. The van der Waals surface area contributed by atoms with E-state index in [0.717, 1.165) is 41.1 Å². The molecule has 5 heteroatoms. The summed E-state index contributed by atoms with van der Waals surface area (Å²) in [5.74, 6) is 4.52. The highest BCUT2D eigenvalue weighted by molar-refractivity contribution is 9.10. The molecule has 0 amide bonds. The number of hydrogen-bond acceptors (Lipinski definition) is 4. The molecule has 0 aliphatic heterocycles. The van der Waals surface area contributed by atoms with E-state index < -0.39 is 0 Å². The normalized spacial score (nSPS) is 27.9. The Morgan fingerprint density at radius 3 is 2.90 bits per heavy atom. The smallest absolute Gasteiger partial charge is 0.224 e. The summed E-state index contributed by atoms with van der Waals surface area (Å²) >= 11 is 3.58. The van der Waals surface area contributed by atoms with Gasteiger partial charge in [0.2, 0.25) is 5.95 Å². The van der Waals surface area contributed by atoms with E-state index in [2.05, 4.69) is 50.1 Å². The zero-order valence-electron chi connectivity index (χ0n) is 12.3. The van der Waals surface area contributed by atoms with Gasteiger partial charge in [-0.05, 0) is 59.9 Å². The molecule has 1 aromatic heterocycles. The van der Waals surface area contributed by atoms with Crippen molar-refractivity contribution in [3.8, 4) is 0 Å². The van der Waals surface area contributed by atoms with Crippen LogP contribution in [-0.4, -0.2) is 30.1 Å². The van der Waals surface area contributed by atoms with Crippen LogP contribution >= 0.6 is 15.9 Å².